The van der Waals surface area contributed by atoms with Gasteiger partial charge in [-0.25, -0.2) is 4.98 Å². The number of hydrogen-bond donors (Lipinski definition) is 0. The SMILES string of the molecule is C=N/C(=C\C(=NCc1cccc(-c2nc3cc(C)ccc3c3c2ccc2ccccc23)c1)c1ccc(C2=CC=CC=CC2)cc1)c1ccc(C(/C=C\C)=C/C)cc1. The van der Waals surface area contributed by atoms with Gasteiger partial charge >= 0.3 is 0 Å². The molecule has 3 heteroatoms. The van der Waals surface area contributed by atoms with Crippen LogP contribution in [0.4, 0.5) is 0 Å². The Morgan fingerprint density at radius 1 is 0.719 bits per heavy atom. The number of benzene rings is 6. The number of fused-ring (bicyclic) bond motifs is 5. The molecular weight excluding hydrogens is 691 g/mol. The summed E-state index contributed by atoms with van der Waals surface area (Å²) in [4.78, 5) is 15.1. The van der Waals surface area contributed by atoms with Gasteiger partial charge in [-0.05, 0) is 102 Å². The van der Waals surface area contributed by atoms with Crippen LogP contribution < -0.4 is 0 Å². The number of rotatable bonds is 10. The van der Waals surface area contributed by atoms with Gasteiger partial charge in [-0.2, -0.15) is 0 Å². The molecule has 57 heavy (non-hydrogen) atoms. The highest BCUT2D eigenvalue weighted by atomic mass is 14.8. The summed E-state index contributed by atoms with van der Waals surface area (Å²) in [5.41, 5.74) is 13.7. The lowest BCUT2D eigenvalue weighted by molar-refractivity contribution is 1.07. The molecule has 7 aromatic rings. The Kier molecular flexibility index (Phi) is 10.9. The standard InChI is InChI=1S/C54H45N3/c1-5-14-39(6-2)41-22-26-44(27-23-41)50(55-4)35-51(45-28-24-42(25-29-45)40-16-9-7-8-10-17-40)56-36-38-15-13-19-46(34-38)54-49-32-30-43-18-11-12-20-47(43)53(49)48-31-21-37(3)33-52(48)57-54/h5-16,18-35H,4,17,36H2,1-3H3/b14-5-,39-6+,50-35-,56-51?. The summed E-state index contributed by atoms with van der Waals surface area (Å²) < 4.78 is 0. The van der Waals surface area contributed by atoms with E-state index in [-0.39, 0.29) is 0 Å². The smallest absolute Gasteiger partial charge is 0.0788 e. The number of nitrogens with zero attached hydrogens (tertiary/aromatic N) is 3. The summed E-state index contributed by atoms with van der Waals surface area (Å²) in [5.74, 6) is 0. The maximum atomic E-state index is 5.31. The molecule has 0 amide bonds. The summed E-state index contributed by atoms with van der Waals surface area (Å²) in [6, 6.07) is 45.5. The fraction of sp³-hybridized carbons (Fsp3) is 0.0926. The first-order valence-corrected chi connectivity index (χ1v) is 19.6. The van der Waals surface area contributed by atoms with Gasteiger partial charge in [0.05, 0.1) is 29.2 Å². The summed E-state index contributed by atoms with van der Waals surface area (Å²) in [6.07, 6.45) is 19.9. The summed E-state index contributed by atoms with van der Waals surface area (Å²) in [6.45, 7) is 10.7. The summed E-state index contributed by atoms with van der Waals surface area (Å²) >= 11 is 0. The van der Waals surface area contributed by atoms with Gasteiger partial charge in [0.2, 0.25) is 0 Å². The average Bonchev–Trinajstić information content (AvgIpc) is 3.55. The molecule has 0 atom stereocenters. The van der Waals surface area contributed by atoms with Gasteiger partial charge in [0, 0.05) is 27.3 Å². The molecule has 3 nitrogen and oxygen atoms in total. The number of aryl methyl sites for hydroxylation is 1. The van der Waals surface area contributed by atoms with E-state index < -0.39 is 0 Å². The van der Waals surface area contributed by atoms with Gasteiger partial charge < -0.3 is 0 Å². The highest BCUT2D eigenvalue weighted by Gasteiger charge is 2.14. The molecule has 0 spiro atoms. The van der Waals surface area contributed by atoms with Gasteiger partial charge in [0.15, 0.2) is 0 Å². The van der Waals surface area contributed by atoms with E-state index in [0.717, 1.165) is 62.2 Å². The van der Waals surface area contributed by atoms with Gasteiger partial charge in [0.1, 0.15) is 0 Å². The first-order chi connectivity index (χ1) is 28.0. The van der Waals surface area contributed by atoms with E-state index >= 15 is 0 Å². The first-order valence-electron chi connectivity index (χ1n) is 19.6. The normalized spacial score (nSPS) is 13.8. The van der Waals surface area contributed by atoms with Crippen LogP contribution in [0.3, 0.4) is 0 Å². The van der Waals surface area contributed by atoms with Crippen molar-refractivity contribution >= 4 is 61.7 Å². The van der Waals surface area contributed by atoms with Crippen molar-refractivity contribution in [2.75, 3.05) is 0 Å². The van der Waals surface area contributed by atoms with E-state index in [4.69, 9.17) is 9.98 Å². The minimum absolute atomic E-state index is 0.479. The van der Waals surface area contributed by atoms with Crippen molar-refractivity contribution in [3.05, 3.63) is 215 Å². The molecule has 0 radical (unpaired) electrons. The van der Waals surface area contributed by atoms with E-state index in [1.807, 2.05) is 6.92 Å². The Morgan fingerprint density at radius 2 is 1.51 bits per heavy atom. The van der Waals surface area contributed by atoms with E-state index in [0.29, 0.717) is 6.54 Å². The second-order valence-electron chi connectivity index (χ2n) is 14.4. The zero-order valence-corrected chi connectivity index (χ0v) is 32.8. The van der Waals surface area contributed by atoms with Crippen LogP contribution in [0.25, 0.3) is 60.5 Å². The van der Waals surface area contributed by atoms with Gasteiger partial charge in [-0.15, -0.1) is 0 Å². The van der Waals surface area contributed by atoms with Crippen molar-refractivity contribution in [3.8, 4) is 11.3 Å². The molecule has 0 fully saturated rings. The minimum atomic E-state index is 0.479. The highest BCUT2D eigenvalue weighted by Crippen LogP contribution is 2.37. The third-order valence-corrected chi connectivity index (χ3v) is 10.6. The van der Waals surface area contributed by atoms with Crippen molar-refractivity contribution in [3.63, 3.8) is 0 Å². The van der Waals surface area contributed by atoms with Crippen LogP contribution in [0.1, 0.15) is 53.6 Å². The van der Waals surface area contributed by atoms with E-state index in [9.17, 15) is 0 Å². The highest BCUT2D eigenvalue weighted by molar-refractivity contribution is 6.22. The van der Waals surface area contributed by atoms with Crippen LogP contribution in [0.5, 0.6) is 0 Å². The minimum Gasteiger partial charge on any atom is -0.280 e. The van der Waals surface area contributed by atoms with Crippen LogP contribution in [0.15, 0.2) is 192 Å². The van der Waals surface area contributed by atoms with E-state index in [1.54, 1.807) is 0 Å². The lowest BCUT2D eigenvalue weighted by Crippen LogP contribution is -2.01. The molecule has 0 aliphatic heterocycles. The number of hydrogen-bond acceptors (Lipinski definition) is 3. The predicted molar refractivity (Wildman–Crippen MR) is 247 cm³/mol. The molecule has 0 unspecified atom stereocenters. The molecule has 1 aromatic heterocycles. The van der Waals surface area contributed by atoms with Crippen molar-refractivity contribution in [2.24, 2.45) is 9.98 Å². The molecule has 276 valence electrons. The number of allylic oxidation sites excluding steroid dienone is 11. The van der Waals surface area contributed by atoms with Crippen molar-refractivity contribution < 1.29 is 0 Å². The zero-order valence-electron chi connectivity index (χ0n) is 32.8. The molecule has 0 bridgehead atoms. The molecule has 1 aliphatic rings. The lowest BCUT2D eigenvalue weighted by atomic mass is 9.94. The Morgan fingerprint density at radius 3 is 2.32 bits per heavy atom. The number of aromatic nitrogens is 1. The topological polar surface area (TPSA) is 37.6 Å². The molecule has 1 aliphatic carbocycles. The van der Waals surface area contributed by atoms with Crippen LogP contribution in [-0.4, -0.2) is 17.4 Å². The monoisotopic (exact) mass is 735 g/mol. The number of pyridine rings is 1. The Labute approximate surface area is 335 Å². The first kappa shape index (κ1) is 37.0. The van der Waals surface area contributed by atoms with E-state index in [2.05, 4.69) is 208 Å². The maximum absolute atomic E-state index is 5.31. The fourth-order valence-corrected chi connectivity index (χ4v) is 7.69. The Balaban J connectivity index is 1.20. The molecule has 8 rings (SSSR count). The second kappa shape index (κ2) is 16.8. The second-order valence-corrected chi connectivity index (χ2v) is 14.4. The van der Waals surface area contributed by atoms with Crippen molar-refractivity contribution in [1.82, 2.24) is 4.98 Å². The molecule has 0 saturated carbocycles. The molecular formula is C54H45N3. The van der Waals surface area contributed by atoms with Gasteiger partial charge in [-0.3, -0.25) is 9.98 Å². The van der Waals surface area contributed by atoms with Gasteiger partial charge in [0.25, 0.3) is 0 Å². The van der Waals surface area contributed by atoms with Crippen LogP contribution in [0, 0.1) is 6.92 Å². The van der Waals surface area contributed by atoms with Crippen LogP contribution in [-0.2, 0) is 6.54 Å². The fourth-order valence-electron chi connectivity index (χ4n) is 7.69. The van der Waals surface area contributed by atoms with Gasteiger partial charge in [-0.1, -0.05) is 164 Å². The van der Waals surface area contributed by atoms with Crippen molar-refractivity contribution in [2.45, 2.75) is 33.7 Å². The van der Waals surface area contributed by atoms with Crippen LogP contribution in [0.2, 0.25) is 0 Å². The molecule has 0 saturated heterocycles. The average molecular weight is 736 g/mol. The third-order valence-electron chi connectivity index (χ3n) is 10.6. The Hall–Kier alpha value is -6.97. The zero-order chi connectivity index (χ0) is 39.1. The van der Waals surface area contributed by atoms with E-state index in [1.165, 1.54) is 43.8 Å². The lowest BCUT2D eigenvalue weighted by Gasteiger charge is -2.14. The molecule has 6 aromatic carbocycles. The quantitative estimate of drug-likeness (QED) is 0.0783. The largest absolute Gasteiger partial charge is 0.280 e. The summed E-state index contributed by atoms with van der Waals surface area (Å²) in [5, 5.41) is 6.01. The van der Waals surface area contributed by atoms with Crippen molar-refractivity contribution in [1.29, 1.82) is 0 Å². The molecule has 0 N–H and O–H groups in total. The summed E-state index contributed by atoms with van der Waals surface area (Å²) in [7, 11) is 0. The molecule has 1 heterocycles. The third kappa shape index (κ3) is 7.92. The maximum Gasteiger partial charge on any atom is 0.0788 e. The number of aliphatic imine (C=N–C) groups is 2. The predicted octanol–water partition coefficient (Wildman–Crippen LogP) is 14.1. The van der Waals surface area contributed by atoms with Crippen LogP contribution >= 0.6 is 0 Å². The Bertz CT molecular complexity index is 2860.